The Morgan fingerprint density at radius 2 is 1.96 bits per heavy atom. The molecule has 0 bridgehead atoms. The van der Waals surface area contributed by atoms with Crippen molar-refractivity contribution < 1.29 is 13.7 Å². The lowest BCUT2D eigenvalue weighted by Crippen LogP contribution is -2.13. The van der Waals surface area contributed by atoms with E-state index in [0.29, 0.717) is 45.2 Å². The number of aryl methyl sites for hydroxylation is 3. The van der Waals surface area contributed by atoms with Crippen LogP contribution in [0.3, 0.4) is 0 Å². The summed E-state index contributed by atoms with van der Waals surface area (Å²) in [5.74, 6) is 0.326. The Morgan fingerprint density at radius 3 is 2.79 bits per heavy atom. The third-order valence-corrected chi connectivity index (χ3v) is 3.74. The summed E-state index contributed by atoms with van der Waals surface area (Å²) in [4.78, 5) is 21.2. The third kappa shape index (κ3) is 2.30. The van der Waals surface area contributed by atoms with E-state index in [9.17, 15) is 4.79 Å². The van der Waals surface area contributed by atoms with E-state index in [1.165, 1.54) is 0 Å². The number of aromatic nitrogens is 3. The highest BCUT2D eigenvalue weighted by Crippen LogP contribution is 2.24. The van der Waals surface area contributed by atoms with E-state index in [1.807, 2.05) is 0 Å². The molecule has 0 radical (unpaired) electrons. The quantitative estimate of drug-likeness (QED) is 0.606. The van der Waals surface area contributed by atoms with Crippen LogP contribution in [0.5, 0.6) is 0 Å². The molecule has 0 fully saturated rings. The maximum Gasteiger partial charge on any atom is 0.258 e. The molecule has 7 heteroatoms. The number of benzene rings is 1. The largest absolute Gasteiger partial charge is 0.441 e. The number of anilines is 1. The van der Waals surface area contributed by atoms with E-state index >= 15 is 0 Å². The van der Waals surface area contributed by atoms with Gasteiger partial charge in [-0.15, -0.1) is 0 Å². The molecule has 1 N–H and O–H groups in total. The average Bonchev–Trinajstić information content (AvgIpc) is 3.08. The van der Waals surface area contributed by atoms with Crippen LogP contribution in [-0.4, -0.2) is 21.0 Å². The Kier molecular flexibility index (Phi) is 3.09. The first-order valence-electron chi connectivity index (χ1n) is 7.43. The smallest absolute Gasteiger partial charge is 0.258 e. The molecule has 0 saturated heterocycles. The highest BCUT2D eigenvalue weighted by atomic mass is 16.5. The number of carbonyl (C=O) groups is 1. The zero-order valence-electron chi connectivity index (χ0n) is 13.4. The van der Waals surface area contributed by atoms with Crippen LogP contribution in [0.25, 0.3) is 22.2 Å². The van der Waals surface area contributed by atoms with Gasteiger partial charge in [0.15, 0.2) is 11.5 Å². The fourth-order valence-electron chi connectivity index (χ4n) is 2.71. The first-order valence-corrected chi connectivity index (χ1v) is 7.43. The summed E-state index contributed by atoms with van der Waals surface area (Å²) in [6.45, 7) is 5.36. The lowest BCUT2D eigenvalue weighted by Gasteiger charge is -2.06. The van der Waals surface area contributed by atoms with Gasteiger partial charge in [-0.2, -0.15) is 0 Å². The maximum absolute atomic E-state index is 12.7. The van der Waals surface area contributed by atoms with E-state index in [4.69, 9.17) is 8.94 Å². The molecule has 24 heavy (non-hydrogen) atoms. The van der Waals surface area contributed by atoms with Crippen molar-refractivity contribution in [2.24, 2.45) is 0 Å². The van der Waals surface area contributed by atoms with Crippen molar-refractivity contribution in [3.63, 3.8) is 0 Å². The van der Waals surface area contributed by atoms with E-state index in [0.717, 1.165) is 5.52 Å². The van der Waals surface area contributed by atoms with Gasteiger partial charge >= 0.3 is 0 Å². The van der Waals surface area contributed by atoms with Crippen LogP contribution in [0.15, 0.2) is 33.2 Å². The Balaban J connectivity index is 1.74. The number of nitrogens with one attached hydrogen (secondary N) is 1. The first-order chi connectivity index (χ1) is 11.5. The lowest BCUT2D eigenvalue weighted by molar-refractivity contribution is 0.102. The van der Waals surface area contributed by atoms with Crippen LogP contribution < -0.4 is 5.32 Å². The number of fused-ring (bicyclic) bond motifs is 2. The number of carbonyl (C=O) groups excluding carboxylic acids is 1. The van der Waals surface area contributed by atoms with Crippen molar-refractivity contribution in [3.8, 4) is 0 Å². The number of amides is 1. The van der Waals surface area contributed by atoms with Gasteiger partial charge in [0.05, 0.1) is 16.6 Å². The molecule has 4 aromatic rings. The monoisotopic (exact) mass is 322 g/mol. The molecule has 1 amide bonds. The van der Waals surface area contributed by atoms with E-state index in [2.05, 4.69) is 20.4 Å². The molecular weight excluding hydrogens is 308 g/mol. The molecule has 3 aromatic heterocycles. The minimum atomic E-state index is -0.257. The minimum absolute atomic E-state index is 0.257. The van der Waals surface area contributed by atoms with Crippen LogP contribution in [0.1, 0.15) is 27.6 Å². The van der Waals surface area contributed by atoms with Crippen LogP contribution in [0.2, 0.25) is 0 Å². The minimum Gasteiger partial charge on any atom is -0.441 e. The molecule has 0 spiro atoms. The van der Waals surface area contributed by atoms with Gasteiger partial charge in [0, 0.05) is 24.4 Å². The summed E-state index contributed by atoms with van der Waals surface area (Å²) >= 11 is 0. The number of oxazole rings is 1. The van der Waals surface area contributed by atoms with E-state index in [1.54, 1.807) is 45.0 Å². The second-order valence-electron chi connectivity index (χ2n) is 5.63. The molecule has 0 saturated carbocycles. The third-order valence-electron chi connectivity index (χ3n) is 3.74. The number of pyridine rings is 1. The first kappa shape index (κ1) is 14.4. The van der Waals surface area contributed by atoms with Crippen LogP contribution >= 0.6 is 0 Å². The normalized spacial score (nSPS) is 11.3. The van der Waals surface area contributed by atoms with Crippen molar-refractivity contribution >= 4 is 33.8 Å². The van der Waals surface area contributed by atoms with Crippen LogP contribution in [0, 0.1) is 20.8 Å². The molecule has 0 aliphatic rings. The standard InChI is InChI=1S/C17H14N4O3/c1-8-6-12(15-9(2)21-24-17(15)18-8)16(22)20-11-4-5-13-14(7-11)23-10(3)19-13/h4-7H,1-3H3,(H,20,22). The molecule has 0 aliphatic heterocycles. The maximum atomic E-state index is 12.7. The summed E-state index contributed by atoms with van der Waals surface area (Å²) in [6.07, 6.45) is 0. The molecule has 0 atom stereocenters. The fourth-order valence-corrected chi connectivity index (χ4v) is 2.71. The van der Waals surface area contributed by atoms with Crippen molar-refractivity contribution in [3.05, 3.63) is 47.1 Å². The van der Waals surface area contributed by atoms with Gasteiger partial charge in [-0.3, -0.25) is 4.79 Å². The van der Waals surface area contributed by atoms with E-state index < -0.39 is 0 Å². The Bertz CT molecular complexity index is 1090. The lowest BCUT2D eigenvalue weighted by atomic mass is 10.1. The summed E-state index contributed by atoms with van der Waals surface area (Å²) < 4.78 is 10.7. The van der Waals surface area contributed by atoms with Gasteiger partial charge in [-0.25, -0.2) is 9.97 Å². The molecule has 7 nitrogen and oxygen atoms in total. The van der Waals surface area contributed by atoms with Crippen LogP contribution in [-0.2, 0) is 0 Å². The van der Waals surface area contributed by atoms with Crippen molar-refractivity contribution in [2.75, 3.05) is 5.32 Å². The number of hydrogen-bond acceptors (Lipinski definition) is 6. The topological polar surface area (TPSA) is 94.1 Å². The van der Waals surface area contributed by atoms with Gasteiger partial charge < -0.3 is 14.3 Å². The Hall–Kier alpha value is -3.22. The average molecular weight is 322 g/mol. The summed E-state index contributed by atoms with van der Waals surface area (Å²) in [7, 11) is 0. The summed E-state index contributed by atoms with van der Waals surface area (Å²) in [5.41, 5.74) is 4.16. The summed E-state index contributed by atoms with van der Waals surface area (Å²) in [6, 6.07) is 7.06. The highest BCUT2D eigenvalue weighted by Gasteiger charge is 2.18. The number of rotatable bonds is 2. The van der Waals surface area contributed by atoms with Crippen molar-refractivity contribution in [1.82, 2.24) is 15.1 Å². The molecule has 120 valence electrons. The second-order valence-corrected chi connectivity index (χ2v) is 5.63. The van der Waals surface area contributed by atoms with Gasteiger partial charge in [-0.05, 0) is 32.0 Å². The van der Waals surface area contributed by atoms with Gasteiger partial charge in [-0.1, -0.05) is 5.16 Å². The Morgan fingerprint density at radius 1 is 1.12 bits per heavy atom. The number of nitrogens with zero attached hydrogens (tertiary/aromatic N) is 3. The Labute approximate surface area is 136 Å². The second kappa shape index (κ2) is 5.16. The van der Waals surface area contributed by atoms with E-state index in [-0.39, 0.29) is 5.91 Å². The van der Waals surface area contributed by atoms with Crippen molar-refractivity contribution in [2.45, 2.75) is 20.8 Å². The van der Waals surface area contributed by atoms with Crippen LogP contribution in [0.4, 0.5) is 5.69 Å². The highest BCUT2D eigenvalue weighted by molar-refractivity contribution is 6.12. The molecule has 3 heterocycles. The molecule has 0 unspecified atom stereocenters. The van der Waals surface area contributed by atoms with Crippen molar-refractivity contribution in [1.29, 1.82) is 0 Å². The predicted octanol–water partition coefficient (Wildman–Crippen LogP) is 3.54. The molecular formula is C17H14N4O3. The van der Waals surface area contributed by atoms with Gasteiger partial charge in [0.1, 0.15) is 5.52 Å². The fraction of sp³-hybridized carbons (Fsp3) is 0.176. The molecule has 1 aromatic carbocycles. The van der Waals surface area contributed by atoms with Gasteiger partial charge in [0.2, 0.25) is 0 Å². The van der Waals surface area contributed by atoms with Gasteiger partial charge in [0.25, 0.3) is 11.6 Å². The summed E-state index contributed by atoms with van der Waals surface area (Å²) in [5, 5.41) is 7.38. The molecule has 0 aliphatic carbocycles. The SMILES string of the molecule is Cc1cc(C(=O)Nc2ccc3nc(C)oc3c2)c2c(C)noc2n1. The zero-order chi connectivity index (χ0) is 16.8. The zero-order valence-corrected chi connectivity index (χ0v) is 13.4. The number of hydrogen-bond donors (Lipinski definition) is 1. The predicted molar refractivity (Wildman–Crippen MR) is 88.0 cm³/mol. The molecule has 4 rings (SSSR count).